The molecular weight excluding hydrogens is 331 g/mol. The maximum Gasteiger partial charge on any atom is 0.105 e. The van der Waals surface area contributed by atoms with Crippen LogP contribution in [0.4, 0.5) is 0 Å². The van der Waals surface area contributed by atoms with E-state index in [0.29, 0.717) is 16.6 Å². The van der Waals surface area contributed by atoms with Gasteiger partial charge in [-0.15, -0.1) is 12.4 Å². The summed E-state index contributed by atoms with van der Waals surface area (Å²) in [6, 6.07) is 7.42. The van der Waals surface area contributed by atoms with Crippen LogP contribution in [0.25, 0.3) is 5.69 Å². The molecule has 0 aliphatic rings. The first-order valence-corrected chi connectivity index (χ1v) is 6.87. The highest BCUT2D eigenvalue weighted by Gasteiger charge is 2.05. The summed E-state index contributed by atoms with van der Waals surface area (Å²) in [6.07, 6.45) is 5.62. The molecule has 21 heavy (non-hydrogen) atoms. The van der Waals surface area contributed by atoms with Gasteiger partial charge in [0.2, 0.25) is 0 Å². The molecule has 0 unspecified atom stereocenters. The Balaban J connectivity index is 0.00000161. The van der Waals surface area contributed by atoms with Gasteiger partial charge in [-0.1, -0.05) is 23.2 Å². The molecule has 0 fully saturated rings. The summed E-state index contributed by atoms with van der Waals surface area (Å²) in [4.78, 5) is 4.20. The first-order valence-electron chi connectivity index (χ1n) is 6.11. The van der Waals surface area contributed by atoms with Crippen molar-refractivity contribution >= 4 is 35.6 Å². The molecule has 1 aromatic carbocycles. The third kappa shape index (κ3) is 3.40. The zero-order chi connectivity index (χ0) is 14.1. The normalized spacial score (nSPS) is 10.4. The van der Waals surface area contributed by atoms with E-state index in [-0.39, 0.29) is 12.4 Å². The molecule has 3 rings (SSSR count). The van der Waals surface area contributed by atoms with Crippen LogP contribution in [0.1, 0.15) is 11.5 Å². The molecule has 2 heterocycles. The summed E-state index contributed by atoms with van der Waals surface area (Å²) in [7, 11) is 0. The molecule has 7 heteroatoms. The zero-order valence-corrected chi connectivity index (χ0v) is 13.5. The van der Waals surface area contributed by atoms with Crippen molar-refractivity contribution in [3.8, 4) is 5.69 Å². The van der Waals surface area contributed by atoms with Gasteiger partial charge in [0.1, 0.15) is 5.82 Å². The van der Waals surface area contributed by atoms with Crippen LogP contribution in [-0.4, -0.2) is 19.3 Å². The number of aromatic nitrogens is 4. The summed E-state index contributed by atoms with van der Waals surface area (Å²) >= 11 is 11.9. The smallest absolute Gasteiger partial charge is 0.105 e. The Bertz CT molecular complexity index is 748. The predicted molar refractivity (Wildman–Crippen MR) is 86.9 cm³/mol. The van der Waals surface area contributed by atoms with Crippen molar-refractivity contribution in [3.05, 3.63) is 64.4 Å². The van der Waals surface area contributed by atoms with E-state index in [0.717, 1.165) is 17.2 Å². The molecule has 0 aliphatic heterocycles. The van der Waals surface area contributed by atoms with Crippen LogP contribution < -0.4 is 0 Å². The highest BCUT2D eigenvalue weighted by Crippen LogP contribution is 2.24. The molecule has 0 aliphatic carbocycles. The van der Waals surface area contributed by atoms with Crippen molar-refractivity contribution in [2.45, 2.75) is 13.5 Å². The van der Waals surface area contributed by atoms with Gasteiger partial charge in [0, 0.05) is 18.6 Å². The molecule has 0 N–H and O–H groups in total. The van der Waals surface area contributed by atoms with Crippen molar-refractivity contribution in [3.63, 3.8) is 0 Å². The Kier molecular flexibility index (Phi) is 4.93. The molecule has 2 aromatic heterocycles. The Morgan fingerprint density at radius 2 is 1.90 bits per heavy atom. The molecule has 0 saturated carbocycles. The lowest BCUT2D eigenvalue weighted by molar-refractivity contribution is 0.722. The molecule has 0 amide bonds. The second-order valence-electron chi connectivity index (χ2n) is 4.45. The fourth-order valence-electron chi connectivity index (χ4n) is 1.96. The van der Waals surface area contributed by atoms with Gasteiger partial charge >= 0.3 is 0 Å². The Morgan fingerprint density at radius 1 is 1.10 bits per heavy atom. The highest BCUT2D eigenvalue weighted by molar-refractivity contribution is 6.42. The maximum atomic E-state index is 6.02. The van der Waals surface area contributed by atoms with Crippen molar-refractivity contribution in [1.29, 1.82) is 0 Å². The molecule has 4 nitrogen and oxygen atoms in total. The Hall–Kier alpha value is -1.49. The van der Waals surface area contributed by atoms with E-state index in [1.807, 2.05) is 36.0 Å². The molecule has 0 saturated heterocycles. The topological polar surface area (TPSA) is 35.6 Å². The van der Waals surface area contributed by atoms with E-state index in [4.69, 9.17) is 23.2 Å². The monoisotopic (exact) mass is 342 g/mol. The number of halogens is 3. The summed E-state index contributed by atoms with van der Waals surface area (Å²) in [5.74, 6) is 0.967. The van der Waals surface area contributed by atoms with E-state index in [1.165, 1.54) is 0 Å². The van der Waals surface area contributed by atoms with Gasteiger partial charge in [-0.25, -0.2) is 9.67 Å². The molecule has 0 spiro atoms. The summed E-state index contributed by atoms with van der Waals surface area (Å²) in [6.45, 7) is 2.66. The summed E-state index contributed by atoms with van der Waals surface area (Å²) < 4.78 is 3.82. The van der Waals surface area contributed by atoms with Gasteiger partial charge in [-0.2, -0.15) is 5.10 Å². The first kappa shape index (κ1) is 15.9. The zero-order valence-electron chi connectivity index (χ0n) is 11.2. The quantitative estimate of drug-likeness (QED) is 0.716. The number of nitrogens with zero attached hydrogens (tertiary/aromatic N) is 4. The molecule has 0 atom stereocenters. The van der Waals surface area contributed by atoms with Crippen LogP contribution >= 0.6 is 35.6 Å². The van der Waals surface area contributed by atoms with Gasteiger partial charge in [-0.05, 0) is 31.2 Å². The van der Waals surface area contributed by atoms with Gasteiger partial charge in [0.25, 0.3) is 0 Å². The van der Waals surface area contributed by atoms with Crippen molar-refractivity contribution < 1.29 is 0 Å². The second kappa shape index (κ2) is 6.52. The van der Waals surface area contributed by atoms with Gasteiger partial charge in [-0.3, -0.25) is 0 Å². The van der Waals surface area contributed by atoms with Crippen LogP contribution in [0.2, 0.25) is 10.0 Å². The fraction of sp³-hybridized carbons (Fsp3) is 0.143. The van der Waals surface area contributed by atoms with Crippen molar-refractivity contribution in [1.82, 2.24) is 19.3 Å². The molecular formula is C14H13Cl3N4. The third-order valence-corrected chi connectivity index (χ3v) is 3.81. The van der Waals surface area contributed by atoms with Crippen LogP contribution in [0.5, 0.6) is 0 Å². The van der Waals surface area contributed by atoms with Crippen LogP contribution in [0, 0.1) is 6.92 Å². The standard InChI is InChI=1S/C14H12Cl2N4.ClH/c1-10-17-5-7-19(10)9-11-4-6-20(18-11)12-2-3-13(15)14(16)8-12;/h2-8H,9H2,1H3;1H. The maximum absolute atomic E-state index is 6.02. The van der Waals surface area contributed by atoms with Crippen LogP contribution in [-0.2, 0) is 6.54 Å². The lowest BCUT2D eigenvalue weighted by atomic mass is 10.3. The summed E-state index contributed by atoms with van der Waals surface area (Å²) in [5.41, 5.74) is 1.84. The number of hydrogen-bond acceptors (Lipinski definition) is 2. The number of benzene rings is 1. The van der Waals surface area contributed by atoms with E-state index in [2.05, 4.69) is 10.1 Å². The number of rotatable bonds is 3. The van der Waals surface area contributed by atoms with E-state index in [1.54, 1.807) is 23.0 Å². The van der Waals surface area contributed by atoms with Gasteiger partial charge in [0.05, 0.1) is 28.0 Å². The minimum absolute atomic E-state index is 0. The first-order chi connectivity index (χ1) is 9.63. The number of aryl methyl sites for hydroxylation is 1. The lowest BCUT2D eigenvalue weighted by Crippen LogP contribution is -2.03. The minimum Gasteiger partial charge on any atom is -0.329 e. The average Bonchev–Trinajstić information content (AvgIpc) is 3.04. The van der Waals surface area contributed by atoms with E-state index in [9.17, 15) is 0 Å². The number of hydrogen-bond donors (Lipinski definition) is 0. The third-order valence-electron chi connectivity index (χ3n) is 3.07. The Morgan fingerprint density at radius 3 is 2.57 bits per heavy atom. The molecule has 0 bridgehead atoms. The van der Waals surface area contributed by atoms with Gasteiger partial charge < -0.3 is 4.57 Å². The van der Waals surface area contributed by atoms with Crippen molar-refractivity contribution in [2.24, 2.45) is 0 Å². The number of imidazole rings is 1. The minimum atomic E-state index is 0. The van der Waals surface area contributed by atoms with Crippen LogP contribution in [0.15, 0.2) is 42.9 Å². The van der Waals surface area contributed by atoms with E-state index < -0.39 is 0 Å². The second-order valence-corrected chi connectivity index (χ2v) is 5.27. The average molecular weight is 344 g/mol. The lowest BCUT2D eigenvalue weighted by Gasteiger charge is -2.04. The van der Waals surface area contributed by atoms with Crippen LogP contribution in [0.3, 0.4) is 0 Å². The van der Waals surface area contributed by atoms with Crippen molar-refractivity contribution in [2.75, 3.05) is 0 Å². The Labute approximate surface area is 138 Å². The predicted octanol–water partition coefficient (Wildman–Crippen LogP) is 4.15. The van der Waals surface area contributed by atoms with Gasteiger partial charge in [0.15, 0.2) is 0 Å². The largest absolute Gasteiger partial charge is 0.329 e. The molecule has 110 valence electrons. The highest BCUT2D eigenvalue weighted by atomic mass is 35.5. The summed E-state index contributed by atoms with van der Waals surface area (Å²) in [5, 5.41) is 5.59. The van der Waals surface area contributed by atoms with E-state index >= 15 is 0 Å². The molecule has 0 radical (unpaired) electrons. The molecule has 3 aromatic rings. The fourth-order valence-corrected chi connectivity index (χ4v) is 2.26. The SMILES string of the molecule is Cc1nccn1Cc1ccn(-c2ccc(Cl)c(Cl)c2)n1.Cl.